The summed E-state index contributed by atoms with van der Waals surface area (Å²) in [5, 5.41) is 0. The van der Waals surface area contributed by atoms with E-state index in [0.29, 0.717) is 0 Å². The van der Waals surface area contributed by atoms with E-state index < -0.39 is 0 Å². The summed E-state index contributed by atoms with van der Waals surface area (Å²) in [5.41, 5.74) is 0. The Morgan fingerprint density at radius 1 is 0.857 bits per heavy atom. The van der Waals surface area contributed by atoms with Gasteiger partial charge in [0.05, 0.1) is 0 Å². The van der Waals surface area contributed by atoms with Gasteiger partial charge in [0.15, 0.2) is 0 Å². The lowest BCUT2D eigenvalue weighted by Crippen LogP contribution is -2.28. The first-order valence-corrected chi connectivity index (χ1v) is 7.67. The molecule has 0 aromatic rings. The Labute approximate surface area is 92.1 Å². The van der Waals surface area contributed by atoms with Crippen LogP contribution in [-0.4, -0.2) is 30.1 Å². The monoisotopic (exact) mass is 217 g/mol. The van der Waals surface area contributed by atoms with Crippen LogP contribution in [0.25, 0.3) is 0 Å². The first-order valence-electron chi connectivity index (χ1n) is 6.01. The van der Waals surface area contributed by atoms with Crippen molar-refractivity contribution in [2.75, 3.05) is 25.4 Å². The van der Waals surface area contributed by atoms with Crippen molar-refractivity contribution in [3.8, 4) is 0 Å². The Bertz CT molecular complexity index is 120. The first kappa shape index (κ1) is 14.4. The van der Waals surface area contributed by atoms with Crippen molar-refractivity contribution in [1.29, 1.82) is 0 Å². The Balaban J connectivity index is 4.20. The summed E-state index contributed by atoms with van der Waals surface area (Å²) in [4.78, 5) is 0. The number of hydrogen-bond donors (Lipinski definition) is 0. The molecule has 0 aliphatic carbocycles. The molecule has 0 amide bonds. The zero-order valence-corrected chi connectivity index (χ0v) is 11.8. The molecule has 0 aromatic carbocycles. The van der Waals surface area contributed by atoms with E-state index in [4.69, 9.17) is 0 Å². The summed E-state index contributed by atoms with van der Waals surface area (Å²) in [6.07, 6.45) is 2.70. The molecular formula is C12H28NP. The van der Waals surface area contributed by atoms with Crippen LogP contribution in [-0.2, 0) is 0 Å². The topological polar surface area (TPSA) is 3.24 Å². The minimum Gasteiger partial charge on any atom is -0.281 e. The molecule has 0 fully saturated rings. The zero-order chi connectivity index (χ0) is 11.1. The van der Waals surface area contributed by atoms with Crippen LogP contribution in [0.15, 0.2) is 0 Å². The second-order valence-corrected chi connectivity index (χ2v) is 7.64. The van der Waals surface area contributed by atoms with Crippen LogP contribution >= 0.6 is 8.07 Å². The van der Waals surface area contributed by atoms with E-state index in [1.165, 1.54) is 25.4 Å². The van der Waals surface area contributed by atoms with E-state index in [2.05, 4.69) is 46.2 Å². The first-order chi connectivity index (χ1) is 6.51. The van der Waals surface area contributed by atoms with Gasteiger partial charge in [0.1, 0.15) is 0 Å². The van der Waals surface area contributed by atoms with Crippen molar-refractivity contribution < 1.29 is 0 Å². The molecule has 0 saturated carbocycles. The summed E-state index contributed by atoms with van der Waals surface area (Å²) in [6.45, 7) is 16.5. The van der Waals surface area contributed by atoms with Gasteiger partial charge in [0.2, 0.25) is 0 Å². The van der Waals surface area contributed by atoms with Crippen LogP contribution < -0.4 is 0 Å². The van der Waals surface area contributed by atoms with Crippen molar-refractivity contribution in [2.24, 2.45) is 11.8 Å². The Morgan fingerprint density at radius 3 is 1.43 bits per heavy atom. The van der Waals surface area contributed by atoms with Gasteiger partial charge in [0.25, 0.3) is 0 Å². The fraction of sp³-hybridized carbons (Fsp3) is 1.00. The van der Waals surface area contributed by atoms with Gasteiger partial charge in [-0.3, -0.25) is 4.67 Å². The summed E-state index contributed by atoms with van der Waals surface area (Å²) >= 11 is 0. The molecule has 0 aromatic heterocycles. The van der Waals surface area contributed by atoms with Crippen LogP contribution in [0, 0.1) is 11.8 Å². The van der Waals surface area contributed by atoms with Crippen LogP contribution in [0.5, 0.6) is 0 Å². The molecule has 0 saturated heterocycles. The maximum absolute atomic E-state index is 2.74. The van der Waals surface area contributed by atoms with Gasteiger partial charge < -0.3 is 0 Å². The largest absolute Gasteiger partial charge is 0.281 e. The lowest BCUT2D eigenvalue weighted by Gasteiger charge is -2.33. The van der Waals surface area contributed by atoms with Gasteiger partial charge in [0, 0.05) is 13.1 Å². The molecule has 2 heteroatoms. The maximum atomic E-state index is 2.74. The predicted octanol–water partition coefficient (Wildman–Crippen LogP) is 4.04. The average molecular weight is 217 g/mol. The molecule has 0 atom stereocenters. The van der Waals surface area contributed by atoms with Crippen molar-refractivity contribution in [2.45, 2.75) is 41.5 Å². The highest BCUT2D eigenvalue weighted by Crippen LogP contribution is 2.40. The van der Waals surface area contributed by atoms with Gasteiger partial charge in [-0.25, -0.2) is 0 Å². The minimum absolute atomic E-state index is 0.149. The third-order valence-electron chi connectivity index (χ3n) is 2.28. The third-order valence-corrected chi connectivity index (χ3v) is 4.87. The fourth-order valence-corrected chi connectivity index (χ4v) is 4.13. The standard InChI is InChI=1S/C12H28NP/c1-7-14(8-2)13(9-11(3)4)10-12(5)6/h11-12H,7-10H2,1-6H3. The van der Waals surface area contributed by atoms with E-state index in [9.17, 15) is 0 Å². The molecule has 0 aliphatic rings. The lowest BCUT2D eigenvalue weighted by molar-refractivity contribution is 0.353. The minimum atomic E-state index is 0.149. The molecular weight excluding hydrogens is 189 g/mol. The molecule has 0 rings (SSSR count). The van der Waals surface area contributed by atoms with Gasteiger partial charge >= 0.3 is 0 Å². The van der Waals surface area contributed by atoms with Crippen molar-refractivity contribution in [1.82, 2.24) is 4.67 Å². The van der Waals surface area contributed by atoms with Gasteiger partial charge in [-0.15, -0.1) is 0 Å². The summed E-state index contributed by atoms with van der Waals surface area (Å²) in [7, 11) is 0.149. The quantitative estimate of drug-likeness (QED) is 0.582. The van der Waals surface area contributed by atoms with E-state index in [0.717, 1.165) is 11.8 Å². The van der Waals surface area contributed by atoms with E-state index in [-0.39, 0.29) is 8.07 Å². The predicted molar refractivity (Wildman–Crippen MR) is 69.3 cm³/mol. The number of hydrogen-bond acceptors (Lipinski definition) is 1. The fourth-order valence-electron chi connectivity index (χ4n) is 1.77. The molecule has 0 aliphatic heterocycles. The van der Waals surface area contributed by atoms with Crippen molar-refractivity contribution in [3.05, 3.63) is 0 Å². The SMILES string of the molecule is CCP(CC)N(CC(C)C)CC(C)C. The maximum Gasteiger partial charge on any atom is 0.00441 e. The molecule has 86 valence electrons. The van der Waals surface area contributed by atoms with E-state index >= 15 is 0 Å². The molecule has 0 radical (unpaired) electrons. The highest BCUT2D eigenvalue weighted by atomic mass is 31.1. The van der Waals surface area contributed by atoms with Crippen LogP contribution in [0.4, 0.5) is 0 Å². The summed E-state index contributed by atoms with van der Waals surface area (Å²) in [5.74, 6) is 1.61. The summed E-state index contributed by atoms with van der Waals surface area (Å²) in [6, 6.07) is 0. The molecule has 1 nitrogen and oxygen atoms in total. The molecule has 14 heavy (non-hydrogen) atoms. The second kappa shape index (κ2) is 7.65. The Morgan fingerprint density at radius 2 is 1.21 bits per heavy atom. The van der Waals surface area contributed by atoms with Gasteiger partial charge in [-0.05, 0) is 32.2 Å². The van der Waals surface area contributed by atoms with Crippen molar-refractivity contribution >= 4 is 8.07 Å². The van der Waals surface area contributed by atoms with Crippen LogP contribution in [0.3, 0.4) is 0 Å². The smallest absolute Gasteiger partial charge is 0.00441 e. The molecule has 0 bridgehead atoms. The highest BCUT2D eigenvalue weighted by molar-refractivity contribution is 7.55. The number of nitrogens with zero attached hydrogens (tertiary/aromatic N) is 1. The third kappa shape index (κ3) is 5.98. The highest BCUT2D eigenvalue weighted by Gasteiger charge is 2.16. The van der Waals surface area contributed by atoms with Gasteiger partial charge in [-0.1, -0.05) is 41.5 Å². The Hall–Kier alpha value is 0.390. The molecule has 0 heterocycles. The van der Waals surface area contributed by atoms with Gasteiger partial charge in [-0.2, -0.15) is 0 Å². The second-order valence-electron chi connectivity index (χ2n) is 4.80. The molecule has 0 N–H and O–H groups in total. The Kier molecular flexibility index (Phi) is 7.86. The molecule has 0 unspecified atom stereocenters. The lowest BCUT2D eigenvalue weighted by atomic mass is 10.2. The number of rotatable bonds is 7. The zero-order valence-electron chi connectivity index (χ0n) is 10.9. The average Bonchev–Trinajstić information content (AvgIpc) is 2.03. The molecule has 0 spiro atoms. The van der Waals surface area contributed by atoms with E-state index in [1.807, 2.05) is 0 Å². The van der Waals surface area contributed by atoms with Crippen LogP contribution in [0.2, 0.25) is 0 Å². The van der Waals surface area contributed by atoms with E-state index in [1.54, 1.807) is 0 Å². The summed E-state index contributed by atoms with van der Waals surface area (Å²) < 4.78 is 2.74. The van der Waals surface area contributed by atoms with Crippen molar-refractivity contribution in [3.63, 3.8) is 0 Å². The normalized spacial score (nSPS) is 12.4. The van der Waals surface area contributed by atoms with Crippen LogP contribution in [0.1, 0.15) is 41.5 Å².